The zero-order valence-corrected chi connectivity index (χ0v) is 14.1. The molecule has 0 aliphatic carbocycles. The zero-order chi connectivity index (χ0) is 18.2. The molecule has 3 rings (SSSR count). The van der Waals surface area contributed by atoms with Crippen LogP contribution in [0.5, 0.6) is 0 Å². The van der Waals surface area contributed by atoms with Gasteiger partial charge in [-0.05, 0) is 23.8 Å². The summed E-state index contributed by atoms with van der Waals surface area (Å²) in [6, 6.07) is 14.6. The summed E-state index contributed by atoms with van der Waals surface area (Å²) in [4.78, 5) is 27.8. The van der Waals surface area contributed by atoms with Gasteiger partial charge >= 0.3 is 6.03 Å². The molecule has 0 saturated heterocycles. The van der Waals surface area contributed by atoms with Gasteiger partial charge in [-0.3, -0.25) is 19.8 Å². The number of pyridine rings is 1. The van der Waals surface area contributed by atoms with Crippen molar-refractivity contribution in [3.05, 3.63) is 72.7 Å². The fraction of sp³-hybridized carbons (Fsp3) is 0.158. The lowest BCUT2D eigenvalue weighted by Crippen LogP contribution is -2.39. The number of hydrogen-bond acceptors (Lipinski definition) is 4. The van der Waals surface area contributed by atoms with E-state index in [1.54, 1.807) is 23.3 Å². The van der Waals surface area contributed by atoms with Crippen molar-refractivity contribution in [1.82, 2.24) is 25.4 Å². The summed E-state index contributed by atoms with van der Waals surface area (Å²) < 4.78 is 1.73. The van der Waals surface area contributed by atoms with Crippen LogP contribution in [-0.4, -0.2) is 26.7 Å². The highest BCUT2D eigenvalue weighted by Gasteiger charge is 2.10. The molecule has 0 radical (unpaired) electrons. The van der Waals surface area contributed by atoms with E-state index < -0.39 is 6.03 Å². The molecule has 0 bridgehead atoms. The maximum atomic E-state index is 12.0. The Morgan fingerprint density at radius 3 is 2.50 bits per heavy atom. The van der Waals surface area contributed by atoms with Crippen LogP contribution in [0.15, 0.2) is 67.1 Å². The highest BCUT2D eigenvalue weighted by Crippen LogP contribution is 2.17. The molecule has 3 aromatic rings. The summed E-state index contributed by atoms with van der Waals surface area (Å²) in [5.41, 5.74) is 2.83. The largest absolute Gasteiger partial charge is 0.334 e. The fourth-order valence-electron chi connectivity index (χ4n) is 2.50. The van der Waals surface area contributed by atoms with Crippen molar-refractivity contribution in [2.24, 2.45) is 0 Å². The number of carbonyl (C=O) groups excluding carboxylic acids is 2. The molecular weight excluding hydrogens is 330 g/mol. The Morgan fingerprint density at radius 2 is 1.73 bits per heavy atom. The average Bonchev–Trinajstić information content (AvgIpc) is 3.15. The maximum absolute atomic E-state index is 12.0. The van der Waals surface area contributed by atoms with Crippen molar-refractivity contribution < 1.29 is 9.59 Å². The normalized spacial score (nSPS) is 10.3. The molecule has 0 aliphatic heterocycles. The van der Waals surface area contributed by atoms with E-state index in [0.717, 1.165) is 16.8 Å². The molecule has 1 aromatic carbocycles. The molecule has 0 atom stereocenters. The SMILES string of the molecule is O=C(CCn1nccc1-c1ccncc1)NC(=O)NCc1ccccc1. The van der Waals surface area contributed by atoms with Gasteiger partial charge in [0.1, 0.15) is 0 Å². The molecule has 0 unspecified atom stereocenters. The minimum Gasteiger partial charge on any atom is -0.334 e. The molecule has 0 aliphatic rings. The van der Waals surface area contributed by atoms with Crippen LogP contribution in [0.25, 0.3) is 11.3 Å². The Bertz CT molecular complexity index is 862. The predicted molar refractivity (Wildman–Crippen MR) is 96.9 cm³/mol. The Kier molecular flexibility index (Phi) is 5.72. The van der Waals surface area contributed by atoms with Gasteiger partial charge in [0.2, 0.25) is 5.91 Å². The van der Waals surface area contributed by atoms with Gasteiger partial charge in [0, 0.05) is 37.1 Å². The first kappa shape index (κ1) is 17.3. The minimum atomic E-state index is -0.506. The van der Waals surface area contributed by atoms with Gasteiger partial charge in [-0.15, -0.1) is 0 Å². The molecular formula is C19H19N5O2. The first-order chi connectivity index (χ1) is 12.7. The quantitative estimate of drug-likeness (QED) is 0.715. The molecule has 7 nitrogen and oxygen atoms in total. The summed E-state index contributed by atoms with van der Waals surface area (Å²) in [6.45, 7) is 0.744. The van der Waals surface area contributed by atoms with E-state index in [0.29, 0.717) is 13.1 Å². The average molecular weight is 349 g/mol. The highest BCUT2D eigenvalue weighted by molar-refractivity contribution is 5.94. The van der Waals surface area contributed by atoms with Gasteiger partial charge in [0.05, 0.1) is 12.2 Å². The first-order valence-corrected chi connectivity index (χ1v) is 8.26. The number of imide groups is 1. The third-order valence-corrected chi connectivity index (χ3v) is 3.79. The van der Waals surface area contributed by atoms with Crippen LogP contribution in [0.1, 0.15) is 12.0 Å². The number of aromatic nitrogens is 3. The topological polar surface area (TPSA) is 88.9 Å². The Morgan fingerprint density at radius 1 is 0.962 bits per heavy atom. The van der Waals surface area contributed by atoms with Gasteiger partial charge in [0.25, 0.3) is 0 Å². The highest BCUT2D eigenvalue weighted by atomic mass is 16.2. The lowest BCUT2D eigenvalue weighted by Gasteiger charge is -2.09. The van der Waals surface area contributed by atoms with Crippen molar-refractivity contribution >= 4 is 11.9 Å². The monoisotopic (exact) mass is 349 g/mol. The first-order valence-electron chi connectivity index (χ1n) is 8.26. The Hall–Kier alpha value is -3.48. The summed E-state index contributed by atoms with van der Waals surface area (Å²) in [7, 11) is 0. The molecule has 0 fully saturated rings. The van der Waals surface area contributed by atoms with Crippen LogP contribution in [0.2, 0.25) is 0 Å². The molecule has 7 heteroatoms. The van der Waals surface area contributed by atoms with Crippen LogP contribution < -0.4 is 10.6 Å². The molecule has 2 N–H and O–H groups in total. The third kappa shape index (κ3) is 4.76. The molecule has 0 spiro atoms. The Labute approximate surface area is 151 Å². The summed E-state index contributed by atoms with van der Waals surface area (Å²) >= 11 is 0. The van der Waals surface area contributed by atoms with Gasteiger partial charge < -0.3 is 5.32 Å². The van der Waals surface area contributed by atoms with E-state index in [2.05, 4.69) is 20.7 Å². The number of amides is 3. The van der Waals surface area contributed by atoms with Crippen LogP contribution in [-0.2, 0) is 17.9 Å². The van der Waals surface area contributed by atoms with Crippen molar-refractivity contribution in [2.75, 3.05) is 0 Å². The van der Waals surface area contributed by atoms with Crippen molar-refractivity contribution in [3.8, 4) is 11.3 Å². The molecule has 2 heterocycles. The van der Waals surface area contributed by atoms with E-state index in [-0.39, 0.29) is 12.3 Å². The fourth-order valence-corrected chi connectivity index (χ4v) is 2.50. The van der Waals surface area contributed by atoms with E-state index in [4.69, 9.17) is 0 Å². The number of nitrogens with zero attached hydrogens (tertiary/aromatic N) is 3. The standard InChI is InChI=1S/C19H19N5O2/c25-18(23-19(26)21-14-15-4-2-1-3-5-15)9-13-24-17(8-12-22-24)16-6-10-20-11-7-16/h1-8,10-12H,9,13-14H2,(H2,21,23,25,26). The summed E-state index contributed by atoms with van der Waals surface area (Å²) in [5.74, 6) is -0.355. The number of carbonyl (C=O) groups is 2. The van der Waals surface area contributed by atoms with Gasteiger partial charge in [0.15, 0.2) is 0 Å². The molecule has 0 saturated carbocycles. The van der Waals surface area contributed by atoms with Crippen LogP contribution in [0.3, 0.4) is 0 Å². The van der Waals surface area contributed by atoms with E-state index in [1.165, 1.54) is 0 Å². The van der Waals surface area contributed by atoms with E-state index in [9.17, 15) is 9.59 Å². The van der Waals surface area contributed by atoms with Crippen molar-refractivity contribution in [1.29, 1.82) is 0 Å². The lowest BCUT2D eigenvalue weighted by atomic mass is 10.2. The van der Waals surface area contributed by atoms with Crippen LogP contribution in [0, 0.1) is 0 Å². The third-order valence-electron chi connectivity index (χ3n) is 3.79. The van der Waals surface area contributed by atoms with Crippen LogP contribution in [0.4, 0.5) is 4.79 Å². The molecule has 132 valence electrons. The minimum absolute atomic E-state index is 0.151. The van der Waals surface area contributed by atoms with Gasteiger partial charge in [-0.2, -0.15) is 5.10 Å². The number of hydrogen-bond donors (Lipinski definition) is 2. The lowest BCUT2D eigenvalue weighted by molar-refractivity contribution is -0.120. The molecule has 2 aromatic heterocycles. The van der Waals surface area contributed by atoms with E-state index >= 15 is 0 Å². The van der Waals surface area contributed by atoms with Gasteiger partial charge in [-0.25, -0.2) is 4.79 Å². The second kappa shape index (κ2) is 8.57. The van der Waals surface area contributed by atoms with Gasteiger partial charge in [-0.1, -0.05) is 30.3 Å². The molecule has 26 heavy (non-hydrogen) atoms. The second-order valence-corrected chi connectivity index (χ2v) is 5.64. The van der Waals surface area contributed by atoms with E-state index in [1.807, 2.05) is 48.5 Å². The number of urea groups is 1. The second-order valence-electron chi connectivity index (χ2n) is 5.64. The Balaban J connectivity index is 1.47. The summed E-state index contributed by atoms with van der Waals surface area (Å²) in [6.07, 6.45) is 5.24. The maximum Gasteiger partial charge on any atom is 0.321 e. The zero-order valence-electron chi connectivity index (χ0n) is 14.1. The smallest absolute Gasteiger partial charge is 0.321 e. The van der Waals surface area contributed by atoms with Crippen molar-refractivity contribution in [3.63, 3.8) is 0 Å². The predicted octanol–water partition coefficient (Wildman–Crippen LogP) is 2.36. The number of aryl methyl sites for hydroxylation is 1. The van der Waals surface area contributed by atoms with Crippen molar-refractivity contribution in [2.45, 2.75) is 19.5 Å². The number of nitrogens with one attached hydrogen (secondary N) is 2. The number of rotatable bonds is 6. The number of benzene rings is 1. The van der Waals surface area contributed by atoms with Crippen LogP contribution >= 0.6 is 0 Å². The summed E-state index contributed by atoms with van der Waals surface area (Å²) in [5, 5.41) is 9.23. The molecule has 3 amide bonds.